The molecule has 0 unspecified atom stereocenters. The summed E-state index contributed by atoms with van der Waals surface area (Å²) in [6, 6.07) is 8.78. The molecule has 110 valence electrons. The summed E-state index contributed by atoms with van der Waals surface area (Å²) < 4.78 is 4.91. The maximum absolute atomic E-state index is 11.9. The van der Waals surface area contributed by atoms with Gasteiger partial charge in [0.15, 0.2) is 5.16 Å². The number of thioether (sulfide) groups is 1. The van der Waals surface area contributed by atoms with Crippen molar-refractivity contribution in [2.24, 2.45) is 0 Å². The Morgan fingerprint density at radius 2 is 2.24 bits per heavy atom. The third kappa shape index (κ3) is 4.64. The van der Waals surface area contributed by atoms with Crippen molar-refractivity contribution in [1.29, 1.82) is 0 Å². The lowest BCUT2D eigenvalue weighted by Gasteiger charge is -2.06. The maximum atomic E-state index is 11.9. The van der Waals surface area contributed by atoms with E-state index in [1.807, 2.05) is 31.2 Å². The van der Waals surface area contributed by atoms with Crippen LogP contribution in [-0.4, -0.2) is 28.7 Å². The molecule has 6 nitrogen and oxygen atoms in total. The van der Waals surface area contributed by atoms with E-state index in [0.717, 1.165) is 23.0 Å². The Hall–Kier alpha value is -2.28. The Bertz CT molecular complexity index is 700. The fourth-order valence-electron chi connectivity index (χ4n) is 1.64. The van der Waals surface area contributed by atoms with Crippen LogP contribution in [0.4, 0.5) is 5.69 Å². The average molecular weight is 305 g/mol. The molecule has 2 N–H and O–H groups in total. The summed E-state index contributed by atoms with van der Waals surface area (Å²) in [7, 11) is 1.43. The molecule has 0 fully saturated rings. The van der Waals surface area contributed by atoms with Crippen LogP contribution >= 0.6 is 11.8 Å². The Kier molecular flexibility index (Phi) is 4.99. The van der Waals surface area contributed by atoms with Gasteiger partial charge in [0.25, 0.3) is 5.56 Å². The van der Waals surface area contributed by atoms with Crippen molar-refractivity contribution in [3.05, 3.63) is 46.2 Å². The molecule has 0 bridgehead atoms. The number of amides is 1. The molecule has 21 heavy (non-hydrogen) atoms. The fourth-order valence-corrected chi connectivity index (χ4v) is 2.31. The largest absolute Gasteiger partial charge is 0.481 e. The number of anilines is 1. The Morgan fingerprint density at radius 1 is 1.43 bits per heavy atom. The van der Waals surface area contributed by atoms with E-state index in [4.69, 9.17) is 4.74 Å². The number of carbonyl (C=O) groups excluding carboxylic acids is 1. The predicted octanol–water partition coefficient (Wildman–Crippen LogP) is 1.82. The van der Waals surface area contributed by atoms with Gasteiger partial charge in [-0.3, -0.25) is 9.59 Å². The van der Waals surface area contributed by atoms with Crippen LogP contribution < -0.4 is 15.6 Å². The van der Waals surface area contributed by atoms with Gasteiger partial charge < -0.3 is 15.0 Å². The van der Waals surface area contributed by atoms with Crippen LogP contribution in [-0.2, 0) is 4.79 Å². The lowest BCUT2D eigenvalue weighted by atomic mass is 10.2. The number of benzene rings is 1. The summed E-state index contributed by atoms with van der Waals surface area (Å²) in [6.07, 6.45) is 0. The summed E-state index contributed by atoms with van der Waals surface area (Å²) in [5.41, 5.74) is 1.50. The van der Waals surface area contributed by atoms with Gasteiger partial charge in [-0.25, -0.2) is 0 Å². The summed E-state index contributed by atoms with van der Waals surface area (Å²) in [5, 5.41) is 3.13. The maximum Gasteiger partial charge on any atom is 0.255 e. The molecule has 0 aliphatic rings. The molecule has 0 aliphatic heterocycles. The van der Waals surface area contributed by atoms with Crippen LogP contribution in [0.25, 0.3) is 0 Å². The highest BCUT2D eigenvalue weighted by molar-refractivity contribution is 7.99. The van der Waals surface area contributed by atoms with Crippen LogP contribution in [0.5, 0.6) is 5.88 Å². The van der Waals surface area contributed by atoms with Gasteiger partial charge in [-0.15, -0.1) is 0 Å². The fraction of sp³-hybridized carbons (Fsp3) is 0.214. The minimum absolute atomic E-state index is 0.143. The molecule has 0 aliphatic carbocycles. The molecule has 1 aromatic carbocycles. The zero-order chi connectivity index (χ0) is 15.2. The van der Waals surface area contributed by atoms with Gasteiger partial charge in [-0.2, -0.15) is 4.98 Å². The van der Waals surface area contributed by atoms with E-state index in [2.05, 4.69) is 15.3 Å². The highest BCUT2D eigenvalue weighted by Crippen LogP contribution is 2.15. The van der Waals surface area contributed by atoms with Crippen molar-refractivity contribution in [2.75, 3.05) is 18.2 Å². The molecule has 0 spiro atoms. The monoisotopic (exact) mass is 305 g/mol. The van der Waals surface area contributed by atoms with Gasteiger partial charge in [0.1, 0.15) is 0 Å². The lowest BCUT2D eigenvalue weighted by molar-refractivity contribution is -0.113. The van der Waals surface area contributed by atoms with Gasteiger partial charge >= 0.3 is 0 Å². The first kappa shape index (κ1) is 15.1. The SMILES string of the molecule is COc1cc(=O)[nH]c(SCC(=O)Nc2cccc(C)c2)n1. The molecular formula is C14H15N3O3S. The Labute approximate surface area is 125 Å². The van der Waals surface area contributed by atoms with Crippen molar-refractivity contribution in [1.82, 2.24) is 9.97 Å². The molecule has 2 aromatic rings. The summed E-state index contributed by atoms with van der Waals surface area (Å²) >= 11 is 1.14. The number of ether oxygens (including phenoxy) is 1. The summed E-state index contributed by atoms with van der Waals surface area (Å²) in [4.78, 5) is 29.8. The van der Waals surface area contributed by atoms with Crippen molar-refractivity contribution in [3.63, 3.8) is 0 Å². The third-order valence-electron chi connectivity index (χ3n) is 2.55. The van der Waals surface area contributed by atoms with Crippen LogP contribution in [0.2, 0.25) is 0 Å². The minimum atomic E-state index is -0.316. The van der Waals surface area contributed by atoms with E-state index >= 15 is 0 Å². The van der Waals surface area contributed by atoms with E-state index in [9.17, 15) is 9.59 Å². The van der Waals surface area contributed by atoms with Gasteiger partial charge in [0.05, 0.1) is 18.9 Å². The number of aryl methyl sites for hydroxylation is 1. The number of methoxy groups -OCH3 is 1. The molecular weight excluding hydrogens is 290 g/mol. The lowest BCUT2D eigenvalue weighted by Crippen LogP contribution is -2.15. The standard InChI is InChI=1S/C14H15N3O3S/c1-9-4-3-5-10(6-9)15-12(19)8-21-14-16-11(18)7-13(17-14)20-2/h3-7H,8H2,1-2H3,(H,15,19)(H,16,17,18). The second-order valence-electron chi connectivity index (χ2n) is 4.30. The molecule has 7 heteroatoms. The Morgan fingerprint density at radius 3 is 2.95 bits per heavy atom. The van der Waals surface area contributed by atoms with E-state index in [1.54, 1.807) is 0 Å². The predicted molar refractivity (Wildman–Crippen MR) is 81.9 cm³/mol. The first-order valence-corrected chi connectivity index (χ1v) is 7.20. The Balaban J connectivity index is 1.95. The highest BCUT2D eigenvalue weighted by atomic mass is 32.2. The number of aromatic amines is 1. The zero-order valence-electron chi connectivity index (χ0n) is 11.7. The second kappa shape index (κ2) is 6.94. The number of nitrogens with zero attached hydrogens (tertiary/aromatic N) is 1. The minimum Gasteiger partial charge on any atom is -0.481 e. The first-order valence-electron chi connectivity index (χ1n) is 6.21. The van der Waals surface area contributed by atoms with Gasteiger partial charge in [-0.05, 0) is 24.6 Å². The van der Waals surface area contributed by atoms with Crippen molar-refractivity contribution in [3.8, 4) is 5.88 Å². The normalized spacial score (nSPS) is 10.2. The topological polar surface area (TPSA) is 84.1 Å². The molecule has 1 aromatic heterocycles. The molecule has 0 radical (unpaired) electrons. The van der Waals surface area contributed by atoms with Gasteiger partial charge in [-0.1, -0.05) is 23.9 Å². The number of H-pyrrole nitrogens is 1. The number of aromatic nitrogens is 2. The number of carbonyl (C=O) groups is 1. The van der Waals surface area contributed by atoms with E-state index in [1.165, 1.54) is 13.2 Å². The first-order chi connectivity index (χ1) is 10.1. The third-order valence-corrected chi connectivity index (χ3v) is 3.42. The smallest absolute Gasteiger partial charge is 0.255 e. The summed E-state index contributed by atoms with van der Waals surface area (Å²) in [6.45, 7) is 1.95. The van der Waals surface area contributed by atoms with Gasteiger partial charge in [0.2, 0.25) is 11.8 Å². The second-order valence-corrected chi connectivity index (χ2v) is 5.26. The summed E-state index contributed by atoms with van der Waals surface area (Å²) in [5.74, 6) is 0.195. The molecule has 1 amide bonds. The van der Waals surface area contributed by atoms with Crippen LogP contribution in [0, 0.1) is 6.92 Å². The molecule has 0 saturated carbocycles. The van der Waals surface area contributed by atoms with Crippen LogP contribution in [0.1, 0.15) is 5.56 Å². The van der Waals surface area contributed by atoms with E-state index in [0.29, 0.717) is 5.16 Å². The van der Waals surface area contributed by atoms with E-state index < -0.39 is 0 Å². The molecule has 0 atom stereocenters. The van der Waals surface area contributed by atoms with Crippen LogP contribution in [0.15, 0.2) is 40.3 Å². The molecule has 2 rings (SSSR count). The number of rotatable bonds is 5. The quantitative estimate of drug-likeness (QED) is 0.650. The van der Waals surface area contributed by atoms with Gasteiger partial charge in [0, 0.05) is 5.69 Å². The van der Waals surface area contributed by atoms with E-state index in [-0.39, 0.29) is 23.1 Å². The van der Waals surface area contributed by atoms with Crippen molar-refractivity contribution >= 4 is 23.4 Å². The van der Waals surface area contributed by atoms with Crippen molar-refractivity contribution in [2.45, 2.75) is 12.1 Å². The van der Waals surface area contributed by atoms with Crippen molar-refractivity contribution < 1.29 is 9.53 Å². The average Bonchev–Trinajstić information content (AvgIpc) is 2.44. The zero-order valence-corrected chi connectivity index (χ0v) is 12.5. The van der Waals surface area contributed by atoms with Crippen LogP contribution in [0.3, 0.4) is 0 Å². The molecule has 1 heterocycles. The number of hydrogen-bond acceptors (Lipinski definition) is 5. The number of hydrogen-bond donors (Lipinski definition) is 2. The molecule has 0 saturated heterocycles. The number of nitrogens with one attached hydrogen (secondary N) is 2. The highest BCUT2D eigenvalue weighted by Gasteiger charge is 2.07.